The van der Waals surface area contributed by atoms with E-state index in [9.17, 15) is 10.1 Å². The molecule has 0 unspecified atom stereocenters. The Bertz CT molecular complexity index is 1220. The van der Waals surface area contributed by atoms with Crippen LogP contribution in [0, 0.1) is 18.3 Å². The Labute approximate surface area is 177 Å². The Morgan fingerprint density at radius 2 is 2.03 bits per heavy atom. The number of methoxy groups -OCH3 is 1. The molecule has 0 spiro atoms. The van der Waals surface area contributed by atoms with Crippen molar-refractivity contribution in [1.29, 1.82) is 5.26 Å². The second-order valence-corrected chi connectivity index (χ2v) is 7.17. The van der Waals surface area contributed by atoms with Crippen molar-refractivity contribution < 1.29 is 14.3 Å². The van der Waals surface area contributed by atoms with Gasteiger partial charge in [-0.05, 0) is 42.8 Å². The predicted octanol–water partition coefficient (Wildman–Crippen LogP) is 3.84. The lowest BCUT2D eigenvalue weighted by Gasteiger charge is -2.25. The molecule has 1 aromatic heterocycles. The second kappa shape index (κ2) is 7.58. The maximum absolute atomic E-state index is 11.8. The topological polar surface area (TPSA) is 103 Å². The van der Waals surface area contributed by atoms with Crippen molar-refractivity contribution in [3.63, 3.8) is 0 Å². The van der Waals surface area contributed by atoms with E-state index in [1.54, 1.807) is 41.1 Å². The lowest BCUT2D eigenvalue weighted by Crippen LogP contribution is -2.22. The number of aromatic nitrogens is 2. The highest BCUT2D eigenvalue weighted by molar-refractivity contribution is 6.30. The molecule has 1 aliphatic rings. The molecule has 2 heterocycles. The van der Waals surface area contributed by atoms with Crippen molar-refractivity contribution in [3.8, 4) is 17.6 Å². The highest BCUT2D eigenvalue weighted by atomic mass is 35.5. The molecule has 30 heavy (non-hydrogen) atoms. The molecular weight excluding hydrogens is 404 g/mol. The molecule has 0 saturated heterocycles. The number of nitrogens with two attached hydrogens (primary N) is 1. The molecule has 0 radical (unpaired) electrons. The summed E-state index contributed by atoms with van der Waals surface area (Å²) in [6, 6.07) is 16.2. The van der Waals surface area contributed by atoms with Crippen LogP contribution in [0.3, 0.4) is 0 Å². The molecule has 0 bridgehead atoms. The van der Waals surface area contributed by atoms with Gasteiger partial charge in [0, 0.05) is 5.02 Å². The van der Waals surface area contributed by atoms with E-state index in [0.717, 1.165) is 11.1 Å². The predicted molar refractivity (Wildman–Crippen MR) is 110 cm³/mol. The van der Waals surface area contributed by atoms with E-state index in [-0.39, 0.29) is 11.5 Å². The Kier molecular flexibility index (Phi) is 4.94. The van der Waals surface area contributed by atoms with Crippen LogP contribution < -0.4 is 10.5 Å². The Morgan fingerprint density at radius 3 is 2.67 bits per heavy atom. The summed E-state index contributed by atoms with van der Waals surface area (Å²) in [5, 5.41) is 14.9. The number of benzene rings is 2. The van der Waals surface area contributed by atoms with Gasteiger partial charge in [-0.1, -0.05) is 29.8 Å². The summed E-state index contributed by atoms with van der Waals surface area (Å²) >= 11 is 6.14. The fraction of sp³-hybridized carbons (Fsp3) is 0.136. The summed E-state index contributed by atoms with van der Waals surface area (Å²) in [6.45, 7) is 1.84. The molecule has 150 valence electrons. The normalized spacial score (nSPS) is 15.2. The van der Waals surface area contributed by atoms with Crippen LogP contribution in [0.2, 0.25) is 5.02 Å². The molecule has 1 atom stereocenters. The smallest absolute Gasteiger partial charge is 0.337 e. The highest BCUT2D eigenvalue weighted by Crippen LogP contribution is 2.44. The van der Waals surface area contributed by atoms with Gasteiger partial charge in [-0.25, -0.2) is 9.48 Å². The van der Waals surface area contributed by atoms with Crippen molar-refractivity contribution in [2.45, 2.75) is 12.8 Å². The minimum atomic E-state index is -0.488. The van der Waals surface area contributed by atoms with E-state index < -0.39 is 11.9 Å². The molecule has 7 nitrogen and oxygen atoms in total. The van der Waals surface area contributed by atoms with Crippen LogP contribution in [-0.2, 0) is 4.74 Å². The summed E-state index contributed by atoms with van der Waals surface area (Å²) in [5.74, 6) is -0.489. The number of allylic oxidation sites excluding steroid dienone is 1. The van der Waals surface area contributed by atoms with Gasteiger partial charge in [0.1, 0.15) is 11.6 Å². The van der Waals surface area contributed by atoms with Crippen molar-refractivity contribution in [2.24, 2.45) is 5.73 Å². The van der Waals surface area contributed by atoms with Crippen LogP contribution in [0.15, 0.2) is 60.0 Å². The summed E-state index contributed by atoms with van der Waals surface area (Å²) < 4.78 is 12.2. The molecule has 2 aromatic carbocycles. The number of hydrogen-bond donors (Lipinski definition) is 1. The summed E-state index contributed by atoms with van der Waals surface area (Å²) in [4.78, 5) is 11.8. The molecule has 8 heteroatoms. The Hall–Kier alpha value is -3.76. The first-order chi connectivity index (χ1) is 14.4. The number of hydrogen-bond acceptors (Lipinski definition) is 6. The number of carbonyl (C=O) groups is 1. The first-order valence-corrected chi connectivity index (χ1v) is 9.43. The average Bonchev–Trinajstić information content (AvgIpc) is 3.08. The van der Waals surface area contributed by atoms with Crippen molar-refractivity contribution in [2.75, 3.05) is 7.11 Å². The van der Waals surface area contributed by atoms with E-state index in [1.807, 2.05) is 19.1 Å². The third-order valence-corrected chi connectivity index (χ3v) is 5.19. The number of nitriles is 1. The van der Waals surface area contributed by atoms with E-state index in [1.165, 1.54) is 7.11 Å². The number of ether oxygens (including phenoxy) is 2. The van der Waals surface area contributed by atoms with Crippen molar-refractivity contribution in [3.05, 3.63) is 87.4 Å². The third-order valence-electron chi connectivity index (χ3n) is 4.95. The van der Waals surface area contributed by atoms with Crippen molar-refractivity contribution in [1.82, 2.24) is 9.78 Å². The zero-order valence-corrected chi connectivity index (χ0v) is 17.0. The van der Waals surface area contributed by atoms with E-state index in [0.29, 0.717) is 27.8 Å². The maximum atomic E-state index is 11.8. The maximum Gasteiger partial charge on any atom is 0.337 e. The molecule has 0 fully saturated rings. The summed E-state index contributed by atoms with van der Waals surface area (Å²) in [5.41, 5.74) is 9.71. The van der Waals surface area contributed by atoms with Crippen LogP contribution >= 0.6 is 11.6 Å². The van der Waals surface area contributed by atoms with Crippen molar-refractivity contribution >= 4 is 17.6 Å². The number of carbonyl (C=O) groups excluding carboxylic acids is 1. The summed E-state index contributed by atoms with van der Waals surface area (Å²) in [6.07, 6.45) is 0. The fourth-order valence-corrected chi connectivity index (χ4v) is 3.74. The molecule has 0 saturated carbocycles. The third kappa shape index (κ3) is 3.17. The van der Waals surface area contributed by atoms with Gasteiger partial charge in [-0.3, -0.25) is 0 Å². The first-order valence-electron chi connectivity index (χ1n) is 9.06. The number of rotatable bonds is 3. The zero-order chi connectivity index (χ0) is 21.4. The van der Waals surface area contributed by atoms with Gasteiger partial charge in [-0.15, -0.1) is 0 Å². The molecule has 0 amide bonds. The van der Waals surface area contributed by atoms with Gasteiger partial charge in [0.05, 0.1) is 35.5 Å². The molecule has 4 rings (SSSR count). The van der Waals surface area contributed by atoms with Gasteiger partial charge >= 0.3 is 5.97 Å². The summed E-state index contributed by atoms with van der Waals surface area (Å²) in [7, 11) is 1.33. The fourth-order valence-electron chi connectivity index (χ4n) is 3.56. The lowest BCUT2D eigenvalue weighted by molar-refractivity contribution is 0.0600. The molecule has 2 N–H and O–H groups in total. The number of esters is 1. The Morgan fingerprint density at radius 1 is 1.30 bits per heavy atom. The van der Waals surface area contributed by atoms with Crippen LogP contribution in [-0.4, -0.2) is 22.9 Å². The minimum Gasteiger partial charge on any atom is -0.465 e. The van der Waals surface area contributed by atoms with E-state index in [2.05, 4.69) is 11.2 Å². The van der Waals surface area contributed by atoms with Gasteiger partial charge < -0.3 is 15.2 Å². The first kappa shape index (κ1) is 19.6. The number of halogens is 1. The average molecular weight is 421 g/mol. The highest BCUT2D eigenvalue weighted by Gasteiger charge is 2.36. The van der Waals surface area contributed by atoms with Gasteiger partial charge in [0.2, 0.25) is 11.8 Å². The molecule has 1 aliphatic heterocycles. The number of nitrogens with zero attached hydrogens (tertiary/aromatic N) is 3. The lowest BCUT2D eigenvalue weighted by atomic mass is 9.84. The quantitative estimate of drug-likeness (QED) is 0.645. The second-order valence-electron chi connectivity index (χ2n) is 6.73. The molecule has 0 aliphatic carbocycles. The molecule has 3 aromatic rings. The van der Waals surface area contributed by atoms with E-state index >= 15 is 0 Å². The minimum absolute atomic E-state index is 0.00947. The number of fused-ring (bicyclic) bond motifs is 1. The largest absolute Gasteiger partial charge is 0.465 e. The van der Waals surface area contributed by atoms with Gasteiger partial charge in [0.25, 0.3) is 0 Å². The van der Waals surface area contributed by atoms with Gasteiger partial charge in [0.15, 0.2) is 0 Å². The van der Waals surface area contributed by atoms with Gasteiger partial charge in [-0.2, -0.15) is 10.4 Å². The molecular formula is C22H17ClN4O3. The van der Waals surface area contributed by atoms with Crippen LogP contribution in [0.25, 0.3) is 5.69 Å². The zero-order valence-electron chi connectivity index (χ0n) is 16.2. The number of aryl methyl sites for hydroxylation is 1. The Balaban J connectivity index is 1.88. The SMILES string of the molecule is COC(=O)c1ccc([C@H]2C(C#N)=C(N)Oc3c2c(C)nn3-c2cccc(Cl)c2)cc1. The van der Waals surface area contributed by atoms with Crippen LogP contribution in [0.1, 0.15) is 33.1 Å². The van der Waals surface area contributed by atoms with E-state index in [4.69, 9.17) is 26.8 Å². The standard InChI is InChI=1S/C22H17ClN4O3/c1-12-18-19(13-6-8-14(9-7-13)22(28)29-2)17(11-24)20(25)30-21(18)27(26-12)16-5-3-4-15(23)10-16/h3-10,19H,25H2,1-2H3/t19-/m0/s1. The van der Waals surface area contributed by atoms with Crippen LogP contribution in [0.5, 0.6) is 5.88 Å². The monoisotopic (exact) mass is 420 g/mol. The van der Waals surface area contributed by atoms with Crippen LogP contribution in [0.4, 0.5) is 0 Å².